The van der Waals surface area contributed by atoms with Gasteiger partial charge in [-0.15, -0.1) is 0 Å². The van der Waals surface area contributed by atoms with E-state index in [2.05, 4.69) is 4.74 Å². The molecule has 0 spiro atoms. The fraction of sp³-hybridized carbons (Fsp3) is 0.875. The lowest BCUT2D eigenvalue weighted by Crippen LogP contribution is -2.33. The van der Waals surface area contributed by atoms with Crippen LogP contribution in [-0.2, 0) is 19.4 Å². The van der Waals surface area contributed by atoms with Gasteiger partial charge in [-0.25, -0.2) is 8.42 Å². The third-order valence-corrected chi connectivity index (χ3v) is 3.22. The van der Waals surface area contributed by atoms with Gasteiger partial charge in [0.2, 0.25) is 0 Å². The number of sulfone groups is 1. The number of carbonyl (C=O) groups excluding carboxylic acids is 1. The molecule has 0 saturated heterocycles. The minimum absolute atomic E-state index is 0.150. The van der Waals surface area contributed by atoms with Crippen molar-refractivity contribution in [2.24, 2.45) is 5.73 Å². The monoisotopic (exact) mass is 239 g/mol. The first-order valence-corrected chi connectivity index (χ1v) is 6.46. The van der Waals surface area contributed by atoms with Crippen LogP contribution in [0, 0.1) is 0 Å². The number of aliphatic hydroxyl groups is 1. The fourth-order valence-corrected chi connectivity index (χ4v) is 2.40. The van der Waals surface area contributed by atoms with Crippen LogP contribution in [-0.4, -0.2) is 50.3 Å². The molecule has 0 rings (SSSR count). The summed E-state index contributed by atoms with van der Waals surface area (Å²) in [6, 6.07) is -0.644. The first-order chi connectivity index (χ1) is 6.91. The summed E-state index contributed by atoms with van der Waals surface area (Å²) in [6.45, 7) is 1.58. The number of ether oxygens (including phenoxy) is 1. The van der Waals surface area contributed by atoms with Crippen LogP contribution in [0.5, 0.6) is 0 Å². The lowest BCUT2D eigenvalue weighted by atomic mass is 10.3. The Hall–Kier alpha value is -0.660. The second-order valence-corrected chi connectivity index (χ2v) is 5.24. The largest absolute Gasteiger partial charge is 0.465 e. The molecule has 0 aliphatic rings. The van der Waals surface area contributed by atoms with E-state index in [1.54, 1.807) is 6.92 Å². The first kappa shape index (κ1) is 14.3. The van der Waals surface area contributed by atoms with Crippen molar-refractivity contribution in [3.63, 3.8) is 0 Å². The highest BCUT2D eigenvalue weighted by Crippen LogP contribution is 1.98. The van der Waals surface area contributed by atoms with Crippen LogP contribution in [0.2, 0.25) is 0 Å². The maximum absolute atomic E-state index is 11.3. The molecule has 90 valence electrons. The molecular weight excluding hydrogens is 222 g/mol. The standard InChI is InChI=1S/C8H17NO5S/c1-2-14-8(11)6-15(12,13)5-7(9)3-4-10/h7,10H,2-6,9H2,1H3. The van der Waals surface area contributed by atoms with Gasteiger partial charge in [0, 0.05) is 12.6 Å². The highest BCUT2D eigenvalue weighted by Gasteiger charge is 2.20. The maximum atomic E-state index is 11.3. The molecule has 0 aromatic carbocycles. The summed E-state index contributed by atoms with van der Waals surface area (Å²) < 4.78 is 27.2. The molecule has 0 aliphatic carbocycles. The Balaban J connectivity index is 4.13. The number of hydrogen-bond donors (Lipinski definition) is 2. The maximum Gasteiger partial charge on any atom is 0.321 e. The lowest BCUT2D eigenvalue weighted by Gasteiger charge is -2.09. The number of aliphatic hydroxyl groups excluding tert-OH is 1. The molecule has 1 atom stereocenters. The van der Waals surface area contributed by atoms with Crippen molar-refractivity contribution < 1.29 is 23.1 Å². The zero-order valence-corrected chi connectivity index (χ0v) is 9.50. The Kier molecular flexibility index (Phi) is 6.46. The summed E-state index contributed by atoms with van der Waals surface area (Å²) in [5, 5.41) is 8.53. The summed E-state index contributed by atoms with van der Waals surface area (Å²) in [5.74, 6) is -1.74. The Morgan fingerprint density at radius 2 is 2.13 bits per heavy atom. The van der Waals surface area contributed by atoms with Gasteiger partial charge >= 0.3 is 5.97 Å². The minimum Gasteiger partial charge on any atom is -0.465 e. The van der Waals surface area contributed by atoms with Crippen LogP contribution < -0.4 is 5.73 Å². The topological polar surface area (TPSA) is 107 Å². The molecule has 6 nitrogen and oxygen atoms in total. The molecular formula is C8H17NO5S. The molecule has 0 radical (unpaired) electrons. The number of rotatable bonds is 7. The summed E-state index contributed by atoms with van der Waals surface area (Å²) in [4.78, 5) is 10.9. The summed E-state index contributed by atoms with van der Waals surface area (Å²) in [5.41, 5.74) is 5.43. The van der Waals surface area contributed by atoms with E-state index >= 15 is 0 Å². The number of carbonyl (C=O) groups is 1. The van der Waals surface area contributed by atoms with Crippen molar-refractivity contribution in [3.8, 4) is 0 Å². The van der Waals surface area contributed by atoms with E-state index in [0.717, 1.165) is 0 Å². The fourth-order valence-electron chi connectivity index (χ4n) is 1.02. The van der Waals surface area contributed by atoms with Gasteiger partial charge in [-0.05, 0) is 13.3 Å². The Bertz CT molecular complexity index is 287. The van der Waals surface area contributed by atoms with Gasteiger partial charge in [0.15, 0.2) is 9.84 Å². The molecule has 7 heteroatoms. The van der Waals surface area contributed by atoms with Crippen molar-refractivity contribution in [1.29, 1.82) is 0 Å². The quantitative estimate of drug-likeness (QED) is 0.533. The average Bonchev–Trinajstić information content (AvgIpc) is 2.01. The third kappa shape index (κ3) is 7.29. The summed E-state index contributed by atoms with van der Waals surface area (Å²) in [6.07, 6.45) is 0.196. The first-order valence-electron chi connectivity index (χ1n) is 4.63. The van der Waals surface area contributed by atoms with E-state index in [1.165, 1.54) is 0 Å². The molecule has 0 aromatic rings. The molecule has 3 N–H and O–H groups in total. The van der Waals surface area contributed by atoms with Gasteiger partial charge in [-0.3, -0.25) is 4.79 Å². The van der Waals surface area contributed by atoms with E-state index in [-0.39, 0.29) is 25.4 Å². The number of nitrogens with two attached hydrogens (primary N) is 1. The molecule has 0 heterocycles. The lowest BCUT2D eigenvalue weighted by molar-refractivity contribution is -0.139. The number of hydrogen-bond acceptors (Lipinski definition) is 6. The van der Waals surface area contributed by atoms with E-state index in [1.807, 2.05) is 0 Å². The van der Waals surface area contributed by atoms with Gasteiger partial charge in [0.25, 0.3) is 0 Å². The zero-order chi connectivity index (χ0) is 11.9. The van der Waals surface area contributed by atoms with Gasteiger partial charge in [0.05, 0.1) is 12.4 Å². The van der Waals surface area contributed by atoms with Gasteiger partial charge in [-0.1, -0.05) is 0 Å². The second kappa shape index (κ2) is 6.76. The van der Waals surface area contributed by atoms with E-state index < -0.39 is 27.6 Å². The smallest absolute Gasteiger partial charge is 0.321 e. The third-order valence-electron chi connectivity index (χ3n) is 1.61. The normalized spacial score (nSPS) is 13.5. The highest BCUT2D eigenvalue weighted by atomic mass is 32.2. The summed E-state index contributed by atoms with van der Waals surface area (Å²) >= 11 is 0. The predicted octanol–water partition coefficient (Wildman–Crippen LogP) is -1.33. The van der Waals surface area contributed by atoms with Crippen molar-refractivity contribution in [2.45, 2.75) is 19.4 Å². The van der Waals surface area contributed by atoms with Crippen LogP contribution in [0.1, 0.15) is 13.3 Å². The Labute approximate surface area is 89.3 Å². The molecule has 0 aromatic heterocycles. The Morgan fingerprint density at radius 1 is 1.53 bits per heavy atom. The van der Waals surface area contributed by atoms with Gasteiger partial charge in [-0.2, -0.15) is 0 Å². The molecule has 0 aliphatic heterocycles. The van der Waals surface area contributed by atoms with Crippen LogP contribution >= 0.6 is 0 Å². The van der Waals surface area contributed by atoms with Crippen molar-refractivity contribution in [2.75, 3.05) is 24.7 Å². The van der Waals surface area contributed by atoms with E-state index in [4.69, 9.17) is 10.8 Å². The summed E-state index contributed by atoms with van der Waals surface area (Å²) in [7, 11) is -3.54. The van der Waals surface area contributed by atoms with E-state index in [0.29, 0.717) is 0 Å². The molecule has 1 unspecified atom stereocenters. The second-order valence-electron chi connectivity index (χ2n) is 3.13. The van der Waals surface area contributed by atoms with Gasteiger partial charge in [0.1, 0.15) is 5.75 Å². The molecule has 0 fully saturated rings. The van der Waals surface area contributed by atoms with Gasteiger partial charge < -0.3 is 15.6 Å². The zero-order valence-electron chi connectivity index (χ0n) is 8.68. The molecule has 0 bridgehead atoms. The SMILES string of the molecule is CCOC(=O)CS(=O)(=O)CC(N)CCO. The van der Waals surface area contributed by atoms with Crippen molar-refractivity contribution in [1.82, 2.24) is 0 Å². The van der Waals surface area contributed by atoms with E-state index in [9.17, 15) is 13.2 Å². The molecule has 0 amide bonds. The van der Waals surface area contributed by atoms with Crippen LogP contribution in [0.25, 0.3) is 0 Å². The van der Waals surface area contributed by atoms with Crippen molar-refractivity contribution in [3.05, 3.63) is 0 Å². The Morgan fingerprint density at radius 3 is 2.60 bits per heavy atom. The van der Waals surface area contributed by atoms with Crippen LogP contribution in [0.3, 0.4) is 0 Å². The molecule has 0 saturated carbocycles. The minimum atomic E-state index is -3.54. The molecule has 15 heavy (non-hydrogen) atoms. The van der Waals surface area contributed by atoms with Crippen LogP contribution in [0.4, 0.5) is 0 Å². The van der Waals surface area contributed by atoms with Crippen molar-refractivity contribution >= 4 is 15.8 Å². The highest BCUT2D eigenvalue weighted by molar-refractivity contribution is 7.92. The van der Waals surface area contributed by atoms with Crippen LogP contribution in [0.15, 0.2) is 0 Å². The number of esters is 1. The average molecular weight is 239 g/mol. The predicted molar refractivity (Wildman–Crippen MR) is 55.0 cm³/mol.